The van der Waals surface area contributed by atoms with Crippen LogP contribution in [0.25, 0.3) is 22.3 Å². The lowest BCUT2D eigenvalue weighted by molar-refractivity contribution is 0.0704. The van der Waals surface area contributed by atoms with Crippen LogP contribution in [0.15, 0.2) is 48.5 Å². The Bertz CT molecular complexity index is 1310. The van der Waals surface area contributed by atoms with Gasteiger partial charge < -0.3 is 9.88 Å². The Kier molecular flexibility index (Phi) is 5.17. The van der Waals surface area contributed by atoms with Gasteiger partial charge in [0.2, 0.25) is 0 Å². The molecule has 0 aliphatic carbocycles. The van der Waals surface area contributed by atoms with Gasteiger partial charge in [-0.25, -0.2) is 19.3 Å². The van der Waals surface area contributed by atoms with Gasteiger partial charge >= 0.3 is 0 Å². The molecule has 162 valence electrons. The number of carbonyl (C=O) groups is 1. The summed E-state index contributed by atoms with van der Waals surface area (Å²) in [6, 6.07) is 13.9. The van der Waals surface area contributed by atoms with E-state index in [9.17, 15) is 9.18 Å². The normalized spacial score (nSPS) is 16.5. The Morgan fingerprint density at radius 2 is 1.97 bits per heavy atom. The number of likely N-dealkylation sites (tertiary alicyclic amines) is 1. The molecule has 1 aliphatic heterocycles. The molecule has 4 aromatic rings. The summed E-state index contributed by atoms with van der Waals surface area (Å²) in [4.78, 5) is 32.1. The number of nitrogens with zero attached hydrogens (tertiary/aromatic N) is 4. The summed E-state index contributed by atoms with van der Waals surface area (Å²) in [5.74, 6) is 1.29. The topological polar surface area (TPSA) is 74.8 Å². The third-order valence-corrected chi connectivity index (χ3v) is 5.91. The summed E-state index contributed by atoms with van der Waals surface area (Å²) in [6.07, 6.45) is 1.79. The minimum absolute atomic E-state index is 0.00172. The minimum Gasteiger partial charge on any atom is -0.342 e. The highest BCUT2D eigenvalue weighted by molar-refractivity contribution is 5.97. The fraction of sp³-hybridized carbons (Fsp3) is 0.280. The fourth-order valence-electron chi connectivity index (χ4n) is 4.39. The van der Waals surface area contributed by atoms with Crippen molar-refractivity contribution in [2.24, 2.45) is 0 Å². The lowest BCUT2D eigenvalue weighted by Gasteiger charge is -2.32. The van der Waals surface area contributed by atoms with Crippen molar-refractivity contribution >= 4 is 16.9 Å². The Labute approximate surface area is 185 Å². The second kappa shape index (κ2) is 8.15. The van der Waals surface area contributed by atoms with Crippen molar-refractivity contribution in [2.75, 3.05) is 13.1 Å². The Morgan fingerprint density at radius 1 is 1.09 bits per heavy atom. The number of halogens is 1. The number of benzene rings is 2. The van der Waals surface area contributed by atoms with Crippen molar-refractivity contribution in [1.82, 2.24) is 24.8 Å². The molecule has 3 heterocycles. The Balaban J connectivity index is 1.40. The summed E-state index contributed by atoms with van der Waals surface area (Å²) >= 11 is 0. The molecule has 7 heteroatoms. The van der Waals surface area contributed by atoms with Gasteiger partial charge in [-0.1, -0.05) is 12.1 Å². The van der Waals surface area contributed by atoms with Gasteiger partial charge in [-0.05, 0) is 63.1 Å². The monoisotopic (exact) mass is 429 g/mol. The molecule has 2 aromatic heterocycles. The van der Waals surface area contributed by atoms with E-state index in [1.165, 1.54) is 12.1 Å². The van der Waals surface area contributed by atoms with Crippen molar-refractivity contribution in [3.8, 4) is 11.3 Å². The number of H-pyrrole nitrogens is 1. The van der Waals surface area contributed by atoms with Crippen molar-refractivity contribution in [3.63, 3.8) is 0 Å². The molecule has 1 aliphatic rings. The van der Waals surface area contributed by atoms with Gasteiger partial charge in [0.05, 0.1) is 16.7 Å². The van der Waals surface area contributed by atoms with E-state index in [4.69, 9.17) is 4.98 Å². The molecule has 6 nitrogen and oxygen atoms in total. The first-order valence-corrected chi connectivity index (χ1v) is 10.8. The summed E-state index contributed by atoms with van der Waals surface area (Å²) in [5.41, 5.74) is 4.63. The van der Waals surface area contributed by atoms with E-state index in [1.807, 2.05) is 49.1 Å². The molecule has 2 aromatic carbocycles. The van der Waals surface area contributed by atoms with Gasteiger partial charge in [-0.3, -0.25) is 4.79 Å². The molecule has 1 N–H and O–H groups in total. The number of aromatic amines is 1. The second-order valence-electron chi connectivity index (χ2n) is 8.41. The minimum atomic E-state index is -0.292. The molecule has 5 rings (SSSR count). The van der Waals surface area contributed by atoms with Crippen LogP contribution < -0.4 is 0 Å². The zero-order valence-electron chi connectivity index (χ0n) is 18.1. The number of hydrogen-bond donors (Lipinski definition) is 1. The van der Waals surface area contributed by atoms with Crippen molar-refractivity contribution < 1.29 is 9.18 Å². The predicted molar refractivity (Wildman–Crippen MR) is 121 cm³/mol. The molecule has 0 spiro atoms. The van der Waals surface area contributed by atoms with Crippen LogP contribution in [0, 0.1) is 19.7 Å². The Morgan fingerprint density at radius 3 is 2.81 bits per heavy atom. The molecular weight excluding hydrogens is 405 g/mol. The molecule has 0 unspecified atom stereocenters. The molecule has 1 atom stereocenters. The highest BCUT2D eigenvalue weighted by Gasteiger charge is 2.28. The number of carbonyl (C=O) groups excluding carboxylic acids is 1. The first-order valence-electron chi connectivity index (χ1n) is 10.8. The van der Waals surface area contributed by atoms with Gasteiger partial charge in [0, 0.05) is 35.8 Å². The first-order chi connectivity index (χ1) is 15.5. The summed E-state index contributed by atoms with van der Waals surface area (Å²) < 4.78 is 13.7. The number of fused-ring (bicyclic) bond motifs is 1. The standard InChI is InChI=1S/C25H24FN5O/c1-15-11-22(17-5-3-7-20(26)12-17)30-24(27-15)19-6-4-10-31(14-19)25(32)18-8-9-21-23(13-18)29-16(2)28-21/h3,5,7-9,11-13,19H,4,6,10,14H2,1-2H3,(H,28,29)/t19-/m1/s1. The average Bonchev–Trinajstić information content (AvgIpc) is 3.17. The molecule has 1 saturated heterocycles. The van der Waals surface area contributed by atoms with E-state index in [0.29, 0.717) is 30.2 Å². The molecule has 1 amide bonds. The maximum Gasteiger partial charge on any atom is 0.253 e. The van der Waals surface area contributed by atoms with Crippen LogP contribution in [-0.4, -0.2) is 43.8 Å². The molecule has 0 saturated carbocycles. The van der Waals surface area contributed by atoms with Crippen LogP contribution in [0.2, 0.25) is 0 Å². The quantitative estimate of drug-likeness (QED) is 0.508. The molecule has 0 bridgehead atoms. The third-order valence-electron chi connectivity index (χ3n) is 5.91. The van der Waals surface area contributed by atoms with Gasteiger partial charge in [0.15, 0.2) is 0 Å². The van der Waals surface area contributed by atoms with E-state index >= 15 is 0 Å². The number of amides is 1. The van der Waals surface area contributed by atoms with Crippen LogP contribution >= 0.6 is 0 Å². The number of piperidine rings is 1. The number of hydrogen-bond acceptors (Lipinski definition) is 4. The van der Waals surface area contributed by atoms with Gasteiger partial charge in [-0.15, -0.1) is 0 Å². The summed E-state index contributed by atoms with van der Waals surface area (Å²) in [5, 5.41) is 0. The van der Waals surface area contributed by atoms with E-state index < -0.39 is 0 Å². The lowest BCUT2D eigenvalue weighted by atomic mass is 9.96. The number of rotatable bonds is 3. The van der Waals surface area contributed by atoms with Crippen molar-refractivity contribution in [2.45, 2.75) is 32.6 Å². The molecule has 1 fully saturated rings. The second-order valence-corrected chi connectivity index (χ2v) is 8.41. The molecule has 32 heavy (non-hydrogen) atoms. The SMILES string of the molecule is Cc1cc(-c2cccc(F)c2)nc([C@@H]2CCCN(C(=O)c3ccc4nc(C)[nH]c4c3)C2)n1. The fourth-order valence-corrected chi connectivity index (χ4v) is 4.39. The van der Waals surface area contributed by atoms with Gasteiger partial charge in [0.25, 0.3) is 5.91 Å². The number of imidazole rings is 1. The van der Waals surface area contributed by atoms with E-state index in [2.05, 4.69) is 15.0 Å². The Hall–Kier alpha value is -3.61. The highest BCUT2D eigenvalue weighted by atomic mass is 19.1. The molecular formula is C25H24FN5O. The van der Waals surface area contributed by atoms with E-state index in [1.54, 1.807) is 6.07 Å². The maximum absolute atomic E-state index is 13.7. The lowest BCUT2D eigenvalue weighted by Crippen LogP contribution is -2.39. The maximum atomic E-state index is 13.7. The van der Waals surface area contributed by atoms with Crippen LogP contribution in [0.3, 0.4) is 0 Å². The van der Waals surface area contributed by atoms with Crippen LogP contribution in [-0.2, 0) is 0 Å². The van der Waals surface area contributed by atoms with E-state index in [0.717, 1.165) is 41.0 Å². The van der Waals surface area contributed by atoms with Gasteiger partial charge in [0.1, 0.15) is 17.5 Å². The van der Waals surface area contributed by atoms with Crippen molar-refractivity contribution in [1.29, 1.82) is 0 Å². The zero-order valence-corrected chi connectivity index (χ0v) is 18.1. The molecule has 0 radical (unpaired) electrons. The summed E-state index contributed by atoms with van der Waals surface area (Å²) in [7, 11) is 0. The predicted octanol–water partition coefficient (Wildman–Crippen LogP) is 4.80. The van der Waals surface area contributed by atoms with Crippen LogP contribution in [0.1, 0.15) is 46.5 Å². The zero-order chi connectivity index (χ0) is 22.2. The number of nitrogens with one attached hydrogen (secondary N) is 1. The number of aryl methyl sites for hydroxylation is 2. The van der Waals surface area contributed by atoms with Gasteiger partial charge in [-0.2, -0.15) is 0 Å². The van der Waals surface area contributed by atoms with Crippen molar-refractivity contribution in [3.05, 3.63) is 77.3 Å². The van der Waals surface area contributed by atoms with Crippen LogP contribution in [0.5, 0.6) is 0 Å². The smallest absolute Gasteiger partial charge is 0.253 e. The average molecular weight is 429 g/mol. The third kappa shape index (κ3) is 3.98. The van der Waals surface area contributed by atoms with E-state index in [-0.39, 0.29) is 17.6 Å². The van der Waals surface area contributed by atoms with Crippen LogP contribution in [0.4, 0.5) is 4.39 Å². The number of aromatic nitrogens is 4. The summed E-state index contributed by atoms with van der Waals surface area (Å²) in [6.45, 7) is 5.08. The first kappa shape index (κ1) is 20.3. The highest BCUT2D eigenvalue weighted by Crippen LogP contribution is 2.28. The largest absolute Gasteiger partial charge is 0.342 e.